The highest BCUT2D eigenvalue weighted by Gasteiger charge is 2.39. The molecular weight excluding hydrogens is 230 g/mol. The van der Waals surface area contributed by atoms with E-state index in [1.807, 2.05) is 4.90 Å². The second kappa shape index (κ2) is 5.72. The van der Waals surface area contributed by atoms with E-state index in [1.54, 1.807) is 0 Å². The number of carbonyl (C=O) groups excluding carboxylic acids is 1. The SMILES string of the molecule is C[C@@H]1CCCCN1C(=O)[C@@H]1CCCC[C@@H]1C(=O)O. The van der Waals surface area contributed by atoms with Crippen molar-refractivity contribution in [2.75, 3.05) is 6.54 Å². The zero-order valence-electron chi connectivity index (χ0n) is 11.1. The number of carboxylic acid groups (broad SMARTS) is 1. The largest absolute Gasteiger partial charge is 0.481 e. The third-order valence-electron chi connectivity index (χ3n) is 4.49. The van der Waals surface area contributed by atoms with Crippen LogP contribution in [0.3, 0.4) is 0 Å². The number of likely N-dealkylation sites (tertiary alicyclic amines) is 1. The van der Waals surface area contributed by atoms with Gasteiger partial charge in [0.2, 0.25) is 5.91 Å². The van der Waals surface area contributed by atoms with Gasteiger partial charge in [0.1, 0.15) is 0 Å². The topological polar surface area (TPSA) is 57.6 Å². The molecule has 0 aromatic carbocycles. The third-order valence-corrected chi connectivity index (χ3v) is 4.49. The monoisotopic (exact) mass is 253 g/mol. The van der Waals surface area contributed by atoms with Crippen LogP contribution >= 0.6 is 0 Å². The summed E-state index contributed by atoms with van der Waals surface area (Å²) in [5.41, 5.74) is 0. The van der Waals surface area contributed by atoms with Gasteiger partial charge in [-0.15, -0.1) is 0 Å². The fraction of sp³-hybridized carbons (Fsp3) is 0.857. The van der Waals surface area contributed by atoms with Crippen LogP contribution in [0.15, 0.2) is 0 Å². The fourth-order valence-electron chi connectivity index (χ4n) is 3.36. The summed E-state index contributed by atoms with van der Waals surface area (Å²) in [7, 11) is 0. The summed E-state index contributed by atoms with van der Waals surface area (Å²) in [6, 6.07) is 0.280. The maximum atomic E-state index is 12.5. The van der Waals surface area contributed by atoms with Gasteiger partial charge in [0.05, 0.1) is 11.8 Å². The first-order chi connectivity index (χ1) is 8.61. The Balaban J connectivity index is 2.07. The summed E-state index contributed by atoms with van der Waals surface area (Å²) in [4.78, 5) is 25.7. The van der Waals surface area contributed by atoms with E-state index < -0.39 is 11.9 Å². The molecule has 0 unspecified atom stereocenters. The van der Waals surface area contributed by atoms with E-state index in [0.29, 0.717) is 6.42 Å². The molecular formula is C14H23NO3. The minimum Gasteiger partial charge on any atom is -0.481 e. The van der Waals surface area contributed by atoms with Gasteiger partial charge in [-0.25, -0.2) is 0 Å². The molecule has 0 bridgehead atoms. The molecule has 3 atom stereocenters. The van der Waals surface area contributed by atoms with E-state index in [9.17, 15) is 14.7 Å². The van der Waals surface area contributed by atoms with Gasteiger partial charge in [-0.05, 0) is 39.0 Å². The number of aliphatic carboxylic acids is 1. The van der Waals surface area contributed by atoms with Gasteiger partial charge in [-0.3, -0.25) is 9.59 Å². The van der Waals surface area contributed by atoms with Crippen molar-refractivity contribution in [2.45, 2.75) is 57.9 Å². The van der Waals surface area contributed by atoms with Crippen LogP contribution < -0.4 is 0 Å². The molecule has 0 spiro atoms. The minimum absolute atomic E-state index is 0.0919. The van der Waals surface area contributed by atoms with Gasteiger partial charge >= 0.3 is 5.97 Å². The highest BCUT2D eigenvalue weighted by Crippen LogP contribution is 2.33. The minimum atomic E-state index is -0.794. The molecule has 4 heteroatoms. The van der Waals surface area contributed by atoms with Crippen LogP contribution in [-0.4, -0.2) is 34.5 Å². The Morgan fingerprint density at radius 2 is 1.61 bits per heavy atom. The summed E-state index contributed by atoms with van der Waals surface area (Å²) in [6.45, 7) is 2.89. The van der Waals surface area contributed by atoms with Gasteiger partial charge in [-0.1, -0.05) is 12.8 Å². The number of nitrogens with zero attached hydrogens (tertiary/aromatic N) is 1. The molecule has 2 aliphatic rings. The molecule has 2 fully saturated rings. The number of hydrogen-bond donors (Lipinski definition) is 1. The molecule has 18 heavy (non-hydrogen) atoms. The summed E-state index contributed by atoms with van der Waals surface area (Å²) in [5, 5.41) is 9.25. The van der Waals surface area contributed by atoms with Crippen LogP contribution in [0.2, 0.25) is 0 Å². The zero-order chi connectivity index (χ0) is 13.1. The highest BCUT2D eigenvalue weighted by molar-refractivity contribution is 5.85. The van der Waals surface area contributed by atoms with Crippen molar-refractivity contribution in [1.82, 2.24) is 4.90 Å². The van der Waals surface area contributed by atoms with Gasteiger partial charge in [0.15, 0.2) is 0 Å². The molecule has 102 valence electrons. The quantitative estimate of drug-likeness (QED) is 0.821. The van der Waals surface area contributed by atoms with Crippen LogP contribution in [0.1, 0.15) is 51.9 Å². The molecule has 1 amide bonds. The van der Waals surface area contributed by atoms with Gasteiger partial charge in [0, 0.05) is 12.6 Å². The molecule has 1 heterocycles. The van der Waals surface area contributed by atoms with E-state index >= 15 is 0 Å². The third kappa shape index (κ3) is 2.68. The standard InChI is InChI=1S/C14H23NO3/c1-10-6-4-5-9-15(10)13(16)11-7-2-3-8-12(11)14(17)18/h10-12H,2-9H2,1H3,(H,17,18)/t10-,11-,12+/m1/s1. The molecule has 1 N–H and O–H groups in total. The zero-order valence-corrected chi connectivity index (χ0v) is 11.1. The lowest BCUT2D eigenvalue weighted by molar-refractivity contribution is -0.153. The Morgan fingerprint density at radius 3 is 2.22 bits per heavy atom. The van der Waals surface area contributed by atoms with E-state index in [1.165, 1.54) is 6.42 Å². The second-order valence-electron chi connectivity index (χ2n) is 5.71. The van der Waals surface area contributed by atoms with Crippen molar-refractivity contribution < 1.29 is 14.7 Å². The maximum Gasteiger partial charge on any atom is 0.307 e. The molecule has 4 nitrogen and oxygen atoms in total. The van der Waals surface area contributed by atoms with E-state index in [-0.39, 0.29) is 17.9 Å². The van der Waals surface area contributed by atoms with E-state index in [4.69, 9.17) is 0 Å². The Hall–Kier alpha value is -1.06. The summed E-state index contributed by atoms with van der Waals surface area (Å²) < 4.78 is 0. The van der Waals surface area contributed by atoms with Crippen LogP contribution in [0.5, 0.6) is 0 Å². The molecule has 0 aromatic rings. The highest BCUT2D eigenvalue weighted by atomic mass is 16.4. The smallest absolute Gasteiger partial charge is 0.307 e. The Morgan fingerprint density at radius 1 is 1.00 bits per heavy atom. The lowest BCUT2D eigenvalue weighted by Crippen LogP contribution is -2.48. The fourth-order valence-corrected chi connectivity index (χ4v) is 3.36. The van der Waals surface area contributed by atoms with Crippen LogP contribution in [0, 0.1) is 11.8 Å². The predicted molar refractivity (Wildman–Crippen MR) is 68.1 cm³/mol. The Bertz CT molecular complexity index is 329. The van der Waals surface area contributed by atoms with Crippen molar-refractivity contribution >= 4 is 11.9 Å². The molecule has 1 aliphatic heterocycles. The van der Waals surface area contributed by atoms with E-state index in [2.05, 4.69) is 6.92 Å². The number of hydrogen-bond acceptors (Lipinski definition) is 2. The Labute approximate surface area is 108 Å². The molecule has 1 aliphatic carbocycles. The average molecular weight is 253 g/mol. The van der Waals surface area contributed by atoms with Crippen molar-refractivity contribution in [3.63, 3.8) is 0 Å². The summed E-state index contributed by atoms with van der Waals surface area (Å²) >= 11 is 0. The number of amides is 1. The van der Waals surface area contributed by atoms with Crippen LogP contribution in [0.25, 0.3) is 0 Å². The van der Waals surface area contributed by atoms with Crippen molar-refractivity contribution in [1.29, 1.82) is 0 Å². The number of piperidine rings is 1. The summed E-state index contributed by atoms with van der Waals surface area (Å²) in [5.74, 6) is -1.44. The number of rotatable bonds is 2. The van der Waals surface area contributed by atoms with E-state index in [0.717, 1.165) is 38.6 Å². The maximum absolute atomic E-state index is 12.5. The average Bonchev–Trinajstić information content (AvgIpc) is 2.38. The number of carbonyl (C=O) groups is 2. The van der Waals surface area contributed by atoms with Crippen LogP contribution in [0.4, 0.5) is 0 Å². The first-order valence-corrected chi connectivity index (χ1v) is 7.14. The molecule has 1 saturated heterocycles. The molecule has 2 rings (SSSR count). The normalized spacial score (nSPS) is 33.2. The van der Waals surface area contributed by atoms with Crippen molar-refractivity contribution in [2.24, 2.45) is 11.8 Å². The predicted octanol–water partition coefficient (Wildman–Crippen LogP) is 2.28. The Kier molecular flexibility index (Phi) is 4.25. The van der Waals surface area contributed by atoms with Crippen LogP contribution in [-0.2, 0) is 9.59 Å². The van der Waals surface area contributed by atoms with Gasteiger partial charge in [0.25, 0.3) is 0 Å². The van der Waals surface area contributed by atoms with Gasteiger partial charge in [-0.2, -0.15) is 0 Å². The first kappa shape index (κ1) is 13.4. The molecule has 0 aromatic heterocycles. The lowest BCUT2D eigenvalue weighted by Gasteiger charge is -2.38. The molecule has 0 radical (unpaired) electrons. The number of carboxylic acids is 1. The van der Waals surface area contributed by atoms with Crippen molar-refractivity contribution in [3.8, 4) is 0 Å². The first-order valence-electron chi connectivity index (χ1n) is 7.14. The van der Waals surface area contributed by atoms with Gasteiger partial charge < -0.3 is 10.0 Å². The second-order valence-corrected chi connectivity index (χ2v) is 5.71. The summed E-state index contributed by atoms with van der Waals surface area (Å²) in [6.07, 6.45) is 6.63. The molecule has 1 saturated carbocycles. The van der Waals surface area contributed by atoms with Crippen molar-refractivity contribution in [3.05, 3.63) is 0 Å². The lowest BCUT2D eigenvalue weighted by atomic mass is 9.78.